The first-order valence-corrected chi connectivity index (χ1v) is 6.97. The minimum Gasteiger partial charge on any atom is -0.507 e. The van der Waals surface area contributed by atoms with E-state index in [1.165, 1.54) is 12.1 Å². The minimum absolute atomic E-state index is 0.0671. The number of phenols is 1. The zero-order valence-electron chi connectivity index (χ0n) is 12.4. The molecule has 19 heavy (non-hydrogen) atoms. The summed E-state index contributed by atoms with van der Waals surface area (Å²) < 4.78 is 0.781. The molecule has 0 aliphatic heterocycles. The second-order valence-corrected chi connectivity index (χ2v) is 8.86. The number of hydrogen-bond acceptors (Lipinski definition) is 2. The molecule has 4 heteroatoms. The second-order valence-electron chi connectivity index (χ2n) is 5.80. The molecule has 3 nitrogen and oxygen atoms in total. The first-order chi connectivity index (χ1) is 8.42. The summed E-state index contributed by atoms with van der Waals surface area (Å²) in [6.45, 7) is 13.5. The average Bonchev–Trinajstić information content (AvgIpc) is 2.12. The molecule has 113 valence electrons. The van der Waals surface area contributed by atoms with Crippen molar-refractivity contribution in [2.75, 3.05) is 0 Å². The molecule has 0 radical (unpaired) electrons. The average molecular weight is 316 g/mol. The number of aromatic carboxylic acids is 1. The molecule has 0 unspecified atom stereocenters. The van der Waals surface area contributed by atoms with Crippen LogP contribution in [-0.4, -0.2) is 16.2 Å². The largest absolute Gasteiger partial charge is 0.507 e. The topological polar surface area (TPSA) is 57.5 Å². The molecule has 1 rings (SSSR count). The van der Waals surface area contributed by atoms with Crippen molar-refractivity contribution in [3.8, 4) is 5.75 Å². The van der Waals surface area contributed by atoms with Gasteiger partial charge in [-0.15, -0.1) is 0 Å². The number of aromatic hydroxyl groups is 1. The van der Waals surface area contributed by atoms with Gasteiger partial charge in [-0.3, -0.25) is 0 Å². The van der Waals surface area contributed by atoms with Gasteiger partial charge < -0.3 is 10.2 Å². The molecule has 0 saturated heterocycles. The Labute approximate surface area is 122 Å². The molecule has 1 aromatic carbocycles. The molecule has 0 aromatic heterocycles. The van der Waals surface area contributed by atoms with Crippen molar-refractivity contribution in [1.29, 1.82) is 0 Å². The minimum atomic E-state index is -1.11. The third-order valence-corrected chi connectivity index (χ3v) is 3.00. The number of rotatable bonds is 1. The van der Waals surface area contributed by atoms with Gasteiger partial charge in [0.05, 0.1) is 0 Å². The molecule has 0 amide bonds. The van der Waals surface area contributed by atoms with Crippen molar-refractivity contribution < 1.29 is 30.0 Å². The normalized spacial score (nSPS) is 11.7. The van der Waals surface area contributed by atoms with Crippen LogP contribution in [0.15, 0.2) is 24.3 Å². The zero-order valence-corrected chi connectivity index (χ0v) is 13.4. The fraction of sp³-hybridized carbons (Fsp3) is 0.533. The van der Waals surface area contributed by atoms with Crippen molar-refractivity contribution in [2.24, 2.45) is 0 Å². The smallest absolute Gasteiger partial charge is 0.339 e. The van der Waals surface area contributed by atoms with Crippen LogP contribution in [0.1, 0.15) is 51.9 Å². The summed E-state index contributed by atoms with van der Waals surface area (Å²) >= 11 is 2.10. The second kappa shape index (κ2) is 6.97. The Balaban J connectivity index is 0.000000344. The SMILES string of the molecule is C[C](C)(C)[Cu][C](C)(C)C.O=C(O)c1ccccc1O. The Bertz CT molecular complexity index is 402. The number of para-hydroxylation sites is 1. The summed E-state index contributed by atoms with van der Waals surface area (Å²) in [7, 11) is 0. The summed E-state index contributed by atoms with van der Waals surface area (Å²) in [5.74, 6) is -1.31. The third kappa shape index (κ3) is 9.57. The van der Waals surface area contributed by atoms with Crippen LogP contribution < -0.4 is 0 Å². The van der Waals surface area contributed by atoms with E-state index in [0.29, 0.717) is 8.63 Å². The van der Waals surface area contributed by atoms with Gasteiger partial charge in [0.1, 0.15) is 11.3 Å². The monoisotopic (exact) mass is 315 g/mol. The van der Waals surface area contributed by atoms with Crippen LogP contribution in [0.4, 0.5) is 0 Å². The predicted molar refractivity (Wildman–Crippen MR) is 74.5 cm³/mol. The predicted octanol–water partition coefficient (Wildman–Crippen LogP) is 4.60. The van der Waals surface area contributed by atoms with Crippen LogP contribution in [0, 0.1) is 0 Å². The molecule has 0 atom stereocenters. The summed E-state index contributed by atoms with van der Waals surface area (Å²) in [5, 5.41) is 17.3. The van der Waals surface area contributed by atoms with Gasteiger partial charge in [0, 0.05) is 0 Å². The first kappa shape index (κ1) is 18.0. The van der Waals surface area contributed by atoms with Crippen LogP contribution >= 0.6 is 0 Å². The molecule has 1 aromatic rings. The van der Waals surface area contributed by atoms with E-state index in [4.69, 9.17) is 10.2 Å². The Morgan fingerprint density at radius 3 is 1.63 bits per heavy atom. The maximum Gasteiger partial charge on any atom is 0.339 e. The van der Waals surface area contributed by atoms with Gasteiger partial charge in [0.25, 0.3) is 0 Å². The van der Waals surface area contributed by atoms with E-state index in [-0.39, 0.29) is 11.3 Å². The maximum atomic E-state index is 10.3. The van der Waals surface area contributed by atoms with Crippen molar-refractivity contribution in [3.63, 3.8) is 0 Å². The number of benzene rings is 1. The molecule has 0 bridgehead atoms. The van der Waals surface area contributed by atoms with Crippen LogP contribution in [0.25, 0.3) is 0 Å². The molecule has 2 N–H and O–H groups in total. The Hall–Kier alpha value is -0.991. The van der Waals surface area contributed by atoms with E-state index in [1.54, 1.807) is 12.1 Å². The van der Waals surface area contributed by atoms with E-state index < -0.39 is 5.97 Å². The maximum absolute atomic E-state index is 10.3. The van der Waals surface area contributed by atoms with Gasteiger partial charge >= 0.3 is 71.1 Å². The number of hydrogen-bond donors (Lipinski definition) is 2. The van der Waals surface area contributed by atoms with E-state index in [9.17, 15) is 4.79 Å². The Morgan fingerprint density at radius 1 is 1.00 bits per heavy atom. The van der Waals surface area contributed by atoms with Gasteiger partial charge in [-0.05, 0) is 12.1 Å². The van der Waals surface area contributed by atoms with E-state index in [0.717, 1.165) is 0 Å². The third-order valence-electron chi connectivity index (χ3n) is 1.59. The van der Waals surface area contributed by atoms with Crippen LogP contribution in [0.2, 0.25) is 8.63 Å². The summed E-state index contributed by atoms with van der Waals surface area (Å²) in [6, 6.07) is 5.81. The van der Waals surface area contributed by atoms with Crippen molar-refractivity contribution in [3.05, 3.63) is 29.8 Å². The van der Waals surface area contributed by atoms with Gasteiger partial charge in [0.15, 0.2) is 0 Å². The molecule has 0 aliphatic rings. The van der Waals surface area contributed by atoms with Gasteiger partial charge in [-0.1, -0.05) is 12.1 Å². The fourth-order valence-electron chi connectivity index (χ4n) is 1.33. The van der Waals surface area contributed by atoms with Crippen molar-refractivity contribution in [1.82, 2.24) is 0 Å². The zero-order chi connectivity index (χ0) is 15.3. The van der Waals surface area contributed by atoms with E-state index in [2.05, 4.69) is 56.5 Å². The molecule has 0 saturated carbocycles. The summed E-state index contributed by atoms with van der Waals surface area (Å²) in [4.78, 5) is 10.3. The molecule has 0 spiro atoms. The number of carboxylic acids is 1. The fourth-order valence-corrected chi connectivity index (χ4v) is 3.45. The van der Waals surface area contributed by atoms with Crippen molar-refractivity contribution in [2.45, 2.75) is 50.2 Å². The molecule has 0 fully saturated rings. The van der Waals surface area contributed by atoms with Crippen LogP contribution in [0.3, 0.4) is 0 Å². The molecule has 0 heterocycles. The van der Waals surface area contributed by atoms with Crippen LogP contribution in [-0.2, 0) is 15.0 Å². The van der Waals surface area contributed by atoms with E-state index in [1.807, 2.05) is 0 Å². The number of carbonyl (C=O) groups is 1. The van der Waals surface area contributed by atoms with E-state index >= 15 is 0 Å². The number of carboxylic acid groups (broad SMARTS) is 1. The molecular formula is C15H24CuO3. The summed E-state index contributed by atoms with van der Waals surface area (Å²) in [6.07, 6.45) is 0. The van der Waals surface area contributed by atoms with Gasteiger partial charge in [-0.25, -0.2) is 4.79 Å². The molecule has 0 aliphatic carbocycles. The van der Waals surface area contributed by atoms with Crippen LogP contribution in [0.5, 0.6) is 5.75 Å². The van der Waals surface area contributed by atoms with Gasteiger partial charge in [-0.2, -0.15) is 0 Å². The summed E-state index contributed by atoms with van der Waals surface area (Å²) in [5.41, 5.74) is -0.0671. The quantitative estimate of drug-likeness (QED) is 0.745. The van der Waals surface area contributed by atoms with Gasteiger partial charge in [0.2, 0.25) is 0 Å². The van der Waals surface area contributed by atoms with Crippen molar-refractivity contribution >= 4 is 5.97 Å². The standard InChI is InChI=1S/C7H6O3.2C4H9.Cu/c8-6-4-2-1-3-5(6)7(9)10;2*1-4(2)3;/h1-4,8H,(H,9,10);2*1-3H3;. The Kier molecular flexibility index (Phi) is 6.61. The molecular weight excluding hydrogens is 292 g/mol. The Morgan fingerprint density at radius 2 is 1.42 bits per heavy atom. The first-order valence-electron chi connectivity index (χ1n) is 6.03.